The van der Waals surface area contributed by atoms with Crippen LogP contribution in [0, 0.1) is 0 Å². The van der Waals surface area contributed by atoms with Crippen LogP contribution < -0.4 is 0 Å². The van der Waals surface area contributed by atoms with Crippen molar-refractivity contribution in [3.63, 3.8) is 0 Å². The molecule has 9 heteroatoms. The molecule has 0 aliphatic carbocycles. The average Bonchev–Trinajstić information content (AvgIpc) is 3.08. The van der Waals surface area contributed by atoms with Crippen LogP contribution in [0.2, 0.25) is 23.3 Å². The van der Waals surface area contributed by atoms with Crippen molar-refractivity contribution in [3.8, 4) is 0 Å². The van der Waals surface area contributed by atoms with Gasteiger partial charge in [0.2, 0.25) is 0 Å². The summed E-state index contributed by atoms with van der Waals surface area (Å²) in [5.41, 5.74) is 1.13. The molecule has 0 amide bonds. The van der Waals surface area contributed by atoms with Gasteiger partial charge in [-0.25, -0.2) is 15.0 Å². The molecule has 1 N–H and O–H groups in total. The van der Waals surface area contributed by atoms with Gasteiger partial charge in [-0.1, -0.05) is 32.4 Å². The second kappa shape index (κ2) is 6.59. The molecule has 3 rings (SSSR count). The smallest absolute Gasteiger partial charge is 0.192 e. The summed E-state index contributed by atoms with van der Waals surface area (Å²) in [6.45, 7) is 11.3. The highest BCUT2D eigenvalue weighted by molar-refractivity contribution is 6.74. The zero-order chi connectivity index (χ0) is 18.4. The van der Waals surface area contributed by atoms with E-state index in [9.17, 15) is 5.11 Å². The number of ether oxygens (including phenoxy) is 1. The maximum Gasteiger partial charge on any atom is 0.192 e. The summed E-state index contributed by atoms with van der Waals surface area (Å²) >= 11 is 6.04. The molecule has 0 unspecified atom stereocenters. The van der Waals surface area contributed by atoms with Crippen molar-refractivity contribution in [3.05, 3.63) is 17.8 Å². The van der Waals surface area contributed by atoms with Gasteiger partial charge in [0.25, 0.3) is 0 Å². The number of halogens is 1. The van der Waals surface area contributed by atoms with Crippen LogP contribution in [0.3, 0.4) is 0 Å². The molecule has 0 aromatic carbocycles. The van der Waals surface area contributed by atoms with Gasteiger partial charge in [0.15, 0.2) is 19.1 Å². The monoisotopic (exact) mass is 384 g/mol. The third-order valence-electron chi connectivity index (χ3n) is 5.24. The molecular formula is C16H25ClN4O3Si. The number of aromatic nitrogens is 4. The first-order chi connectivity index (χ1) is 11.6. The largest absolute Gasteiger partial charge is 0.414 e. The van der Waals surface area contributed by atoms with Gasteiger partial charge in [-0.3, -0.25) is 4.57 Å². The van der Waals surface area contributed by atoms with E-state index >= 15 is 0 Å². The van der Waals surface area contributed by atoms with E-state index < -0.39 is 14.4 Å². The number of rotatable bonds is 4. The normalized spacial score (nSPS) is 25.0. The van der Waals surface area contributed by atoms with Crippen molar-refractivity contribution in [2.45, 2.75) is 63.8 Å². The number of aliphatic hydroxyl groups is 1. The zero-order valence-electron chi connectivity index (χ0n) is 15.2. The summed E-state index contributed by atoms with van der Waals surface area (Å²) in [7, 11) is -1.89. The van der Waals surface area contributed by atoms with Gasteiger partial charge in [-0.05, 0) is 18.1 Å². The standard InChI is InChI=1S/C16H25ClN4O3Si/c1-16(2,3)25(4,5)23-7-11-10(22)6-12(24-11)21-9-20-13-14(17)18-8-19-15(13)21/h8-12,22H,6-7H2,1-5H3/t10-,11+,12+/m0/s1. The highest BCUT2D eigenvalue weighted by Gasteiger charge is 2.41. The van der Waals surface area contributed by atoms with E-state index in [2.05, 4.69) is 48.8 Å². The summed E-state index contributed by atoms with van der Waals surface area (Å²) in [5, 5.41) is 10.8. The minimum atomic E-state index is -1.89. The van der Waals surface area contributed by atoms with E-state index in [1.54, 1.807) is 10.9 Å². The quantitative estimate of drug-likeness (QED) is 0.644. The molecule has 3 atom stereocenters. The third-order valence-corrected chi connectivity index (χ3v) is 10.0. The first-order valence-corrected chi connectivity index (χ1v) is 11.7. The van der Waals surface area contributed by atoms with Crippen LogP contribution in [-0.2, 0) is 9.16 Å². The molecule has 3 heterocycles. The number of fused-ring (bicyclic) bond motifs is 1. The minimum absolute atomic E-state index is 0.115. The third kappa shape index (κ3) is 3.59. The van der Waals surface area contributed by atoms with Crippen LogP contribution in [0.25, 0.3) is 11.2 Å². The first kappa shape index (κ1) is 18.7. The van der Waals surface area contributed by atoms with Gasteiger partial charge in [-0.15, -0.1) is 0 Å². The second-order valence-electron chi connectivity index (χ2n) is 7.99. The average molecular weight is 385 g/mol. The van der Waals surface area contributed by atoms with Crippen LogP contribution in [-0.4, -0.2) is 51.8 Å². The minimum Gasteiger partial charge on any atom is -0.414 e. The molecule has 1 aliphatic rings. The molecule has 1 aliphatic heterocycles. The Morgan fingerprint density at radius 2 is 2.08 bits per heavy atom. The van der Waals surface area contributed by atoms with Gasteiger partial charge in [-0.2, -0.15) is 0 Å². The van der Waals surface area contributed by atoms with Crippen molar-refractivity contribution >= 4 is 31.1 Å². The fourth-order valence-corrected chi connectivity index (χ4v) is 3.77. The maximum atomic E-state index is 10.4. The van der Waals surface area contributed by atoms with Gasteiger partial charge in [0.05, 0.1) is 19.0 Å². The lowest BCUT2D eigenvalue weighted by molar-refractivity contribution is -0.0405. The molecule has 138 valence electrons. The molecule has 2 aromatic heterocycles. The predicted octanol–water partition coefficient (Wildman–Crippen LogP) is 3.15. The Morgan fingerprint density at radius 1 is 1.36 bits per heavy atom. The Kier molecular flexibility index (Phi) is 4.93. The summed E-state index contributed by atoms with van der Waals surface area (Å²) in [4.78, 5) is 12.4. The zero-order valence-corrected chi connectivity index (χ0v) is 17.0. The van der Waals surface area contributed by atoms with Gasteiger partial charge < -0.3 is 14.3 Å². The summed E-state index contributed by atoms with van der Waals surface area (Å²) in [6.07, 6.45) is 2.17. The number of nitrogens with zero attached hydrogens (tertiary/aromatic N) is 4. The van der Waals surface area contributed by atoms with Gasteiger partial charge >= 0.3 is 0 Å². The molecule has 2 aromatic rings. The van der Waals surface area contributed by atoms with Crippen LogP contribution in [0.4, 0.5) is 0 Å². The number of hydrogen-bond donors (Lipinski definition) is 1. The molecule has 25 heavy (non-hydrogen) atoms. The highest BCUT2D eigenvalue weighted by atomic mass is 35.5. The molecular weight excluding hydrogens is 360 g/mol. The molecule has 0 radical (unpaired) electrons. The van der Waals surface area contributed by atoms with E-state index in [0.29, 0.717) is 29.3 Å². The molecule has 0 bridgehead atoms. The van der Waals surface area contributed by atoms with Crippen LogP contribution >= 0.6 is 11.6 Å². The second-order valence-corrected chi connectivity index (χ2v) is 13.2. The molecule has 1 fully saturated rings. The van der Waals surface area contributed by atoms with E-state index in [1.165, 1.54) is 6.33 Å². The van der Waals surface area contributed by atoms with Crippen molar-refractivity contribution in [1.82, 2.24) is 19.5 Å². The van der Waals surface area contributed by atoms with Crippen LogP contribution in [0.15, 0.2) is 12.7 Å². The Morgan fingerprint density at radius 3 is 2.76 bits per heavy atom. The van der Waals surface area contributed by atoms with E-state index in [0.717, 1.165) is 0 Å². The first-order valence-electron chi connectivity index (χ1n) is 8.40. The molecule has 0 spiro atoms. The number of aliphatic hydroxyl groups excluding tert-OH is 1. The predicted molar refractivity (Wildman–Crippen MR) is 98.0 cm³/mol. The van der Waals surface area contributed by atoms with Crippen molar-refractivity contribution in [1.29, 1.82) is 0 Å². The lowest BCUT2D eigenvalue weighted by atomic mass is 10.2. The highest BCUT2D eigenvalue weighted by Crippen LogP contribution is 2.38. The number of imidazole rings is 1. The summed E-state index contributed by atoms with van der Waals surface area (Å²) < 4.78 is 14.0. The van der Waals surface area contributed by atoms with E-state index in [1.807, 2.05) is 0 Å². The van der Waals surface area contributed by atoms with E-state index in [4.69, 9.17) is 20.8 Å². The topological polar surface area (TPSA) is 82.3 Å². The summed E-state index contributed by atoms with van der Waals surface area (Å²) in [5.74, 6) is 0. The van der Waals surface area contributed by atoms with Crippen molar-refractivity contribution < 1.29 is 14.3 Å². The van der Waals surface area contributed by atoms with Crippen LogP contribution in [0.5, 0.6) is 0 Å². The Hall–Kier alpha value is -1.06. The Bertz CT molecular complexity index is 761. The van der Waals surface area contributed by atoms with Crippen molar-refractivity contribution in [2.24, 2.45) is 0 Å². The molecule has 1 saturated heterocycles. The van der Waals surface area contributed by atoms with E-state index in [-0.39, 0.29) is 17.4 Å². The maximum absolute atomic E-state index is 10.4. The SMILES string of the molecule is CC(C)(C)[Si](C)(C)OC[C@H]1O[C@@H](n2cnc3c(Cl)ncnc32)C[C@@H]1O. The molecule has 7 nitrogen and oxygen atoms in total. The Labute approximate surface area is 153 Å². The van der Waals surface area contributed by atoms with Gasteiger partial charge in [0, 0.05) is 6.42 Å². The van der Waals surface area contributed by atoms with Gasteiger partial charge in [0.1, 0.15) is 24.2 Å². The van der Waals surface area contributed by atoms with Crippen LogP contribution in [0.1, 0.15) is 33.4 Å². The Balaban J connectivity index is 1.72. The lowest BCUT2D eigenvalue weighted by Gasteiger charge is -2.37. The fraction of sp³-hybridized carbons (Fsp3) is 0.688. The molecule has 0 saturated carbocycles. The fourth-order valence-electron chi connectivity index (χ4n) is 2.58. The summed E-state index contributed by atoms with van der Waals surface area (Å²) in [6, 6.07) is 0. The van der Waals surface area contributed by atoms with Crippen molar-refractivity contribution in [2.75, 3.05) is 6.61 Å². The lowest BCUT2D eigenvalue weighted by Crippen LogP contribution is -2.43. The number of hydrogen-bond acceptors (Lipinski definition) is 6.